The lowest BCUT2D eigenvalue weighted by Gasteiger charge is -2.23. The summed E-state index contributed by atoms with van der Waals surface area (Å²) in [4.78, 5) is 12.8. The number of rotatable bonds is 7. The fraction of sp³-hybridized carbons (Fsp3) is 0.500. The topological polar surface area (TPSA) is 90.3 Å². The number of amides is 1. The van der Waals surface area contributed by atoms with Crippen molar-refractivity contribution in [2.24, 2.45) is 0 Å². The van der Waals surface area contributed by atoms with E-state index < -0.39 is 0 Å². The molecule has 1 amide bonds. The van der Waals surface area contributed by atoms with Gasteiger partial charge in [-0.1, -0.05) is 22.9 Å². The zero-order valence-electron chi connectivity index (χ0n) is 15.5. The van der Waals surface area contributed by atoms with Crippen molar-refractivity contribution in [1.29, 1.82) is 0 Å². The van der Waals surface area contributed by atoms with Crippen LogP contribution in [0.1, 0.15) is 35.1 Å². The SMILES string of the molecule is COCCOc1c(Cl)cccc1NC(=O)c1nnn(C2CCNCC2)c1C. The third kappa shape index (κ3) is 4.58. The Morgan fingerprint density at radius 1 is 1.37 bits per heavy atom. The van der Waals surface area contributed by atoms with Gasteiger partial charge in [0.15, 0.2) is 11.4 Å². The van der Waals surface area contributed by atoms with E-state index >= 15 is 0 Å². The van der Waals surface area contributed by atoms with Crippen molar-refractivity contribution in [3.8, 4) is 5.75 Å². The summed E-state index contributed by atoms with van der Waals surface area (Å²) in [5.74, 6) is 0.0690. The zero-order chi connectivity index (χ0) is 19.2. The number of para-hydroxylation sites is 1. The van der Waals surface area contributed by atoms with Crippen LogP contribution < -0.4 is 15.4 Å². The summed E-state index contributed by atoms with van der Waals surface area (Å²) in [5.41, 5.74) is 1.54. The van der Waals surface area contributed by atoms with Crippen LogP contribution in [0.2, 0.25) is 5.02 Å². The van der Waals surface area contributed by atoms with Crippen molar-refractivity contribution < 1.29 is 14.3 Å². The number of methoxy groups -OCH3 is 1. The molecule has 0 saturated carbocycles. The van der Waals surface area contributed by atoms with Crippen LogP contribution in [0.4, 0.5) is 5.69 Å². The number of carbonyl (C=O) groups excluding carboxylic acids is 1. The van der Waals surface area contributed by atoms with E-state index in [0.29, 0.717) is 35.4 Å². The lowest BCUT2D eigenvalue weighted by atomic mass is 10.1. The number of anilines is 1. The van der Waals surface area contributed by atoms with E-state index in [1.54, 1.807) is 25.3 Å². The van der Waals surface area contributed by atoms with Gasteiger partial charge < -0.3 is 20.1 Å². The molecule has 1 fully saturated rings. The molecule has 0 radical (unpaired) electrons. The summed E-state index contributed by atoms with van der Waals surface area (Å²) >= 11 is 6.22. The van der Waals surface area contributed by atoms with E-state index in [1.165, 1.54) is 0 Å². The molecule has 1 aromatic carbocycles. The molecule has 1 aliphatic rings. The molecular weight excluding hydrogens is 370 g/mol. The molecule has 0 aliphatic carbocycles. The Morgan fingerprint density at radius 3 is 2.89 bits per heavy atom. The van der Waals surface area contributed by atoms with Crippen LogP contribution in [0.25, 0.3) is 0 Å². The van der Waals surface area contributed by atoms with E-state index in [0.717, 1.165) is 31.6 Å². The van der Waals surface area contributed by atoms with Gasteiger partial charge in [-0.3, -0.25) is 4.79 Å². The highest BCUT2D eigenvalue weighted by molar-refractivity contribution is 6.32. The minimum Gasteiger partial charge on any atom is -0.487 e. The predicted molar refractivity (Wildman–Crippen MR) is 103 cm³/mol. The average molecular weight is 394 g/mol. The molecule has 3 rings (SSSR count). The Bertz CT molecular complexity index is 789. The van der Waals surface area contributed by atoms with Crippen molar-refractivity contribution in [3.05, 3.63) is 34.6 Å². The normalized spacial score (nSPS) is 14.9. The molecule has 0 spiro atoms. The van der Waals surface area contributed by atoms with E-state index in [1.807, 2.05) is 11.6 Å². The van der Waals surface area contributed by atoms with Crippen molar-refractivity contribution in [1.82, 2.24) is 20.3 Å². The van der Waals surface area contributed by atoms with Gasteiger partial charge in [-0.25, -0.2) is 4.68 Å². The first kappa shape index (κ1) is 19.6. The summed E-state index contributed by atoms with van der Waals surface area (Å²) in [6.07, 6.45) is 1.94. The van der Waals surface area contributed by atoms with Crippen LogP contribution in [-0.4, -0.2) is 54.3 Å². The molecule has 2 N–H and O–H groups in total. The maximum atomic E-state index is 12.8. The minimum absolute atomic E-state index is 0.263. The third-order valence-electron chi connectivity index (χ3n) is 4.55. The quantitative estimate of drug-likeness (QED) is 0.702. The van der Waals surface area contributed by atoms with Crippen LogP contribution in [-0.2, 0) is 4.74 Å². The molecule has 2 heterocycles. The first-order valence-electron chi connectivity index (χ1n) is 8.96. The van der Waals surface area contributed by atoms with E-state index in [2.05, 4.69) is 20.9 Å². The molecule has 1 aliphatic heterocycles. The Kier molecular flexibility index (Phi) is 6.65. The molecular formula is C18H24ClN5O3. The Morgan fingerprint density at radius 2 is 2.15 bits per heavy atom. The second-order valence-corrected chi connectivity index (χ2v) is 6.77. The zero-order valence-corrected chi connectivity index (χ0v) is 16.3. The number of hydrogen-bond donors (Lipinski definition) is 2. The number of halogens is 1. The minimum atomic E-state index is -0.341. The molecule has 0 atom stereocenters. The first-order valence-corrected chi connectivity index (χ1v) is 9.33. The third-order valence-corrected chi connectivity index (χ3v) is 4.84. The lowest BCUT2D eigenvalue weighted by Crippen LogP contribution is -2.30. The van der Waals surface area contributed by atoms with Crippen LogP contribution >= 0.6 is 11.6 Å². The molecule has 8 nitrogen and oxygen atoms in total. The van der Waals surface area contributed by atoms with E-state index in [9.17, 15) is 4.79 Å². The predicted octanol–water partition coefficient (Wildman–Crippen LogP) is 2.44. The van der Waals surface area contributed by atoms with E-state index in [4.69, 9.17) is 21.1 Å². The lowest BCUT2D eigenvalue weighted by molar-refractivity contribution is 0.102. The highest BCUT2D eigenvalue weighted by atomic mass is 35.5. The van der Waals surface area contributed by atoms with Crippen LogP contribution in [0.3, 0.4) is 0 Å². The highest BCUT2D eigenvalue weighted by Crippen LogP contribution is 2.33. The molecule has 1 saturated heterocycles. The number of ether oxygens (including phenoxy) is 2. The van der Waals surface area contributed by atoms with Gasteiger partial charge in [-0.2, -0.15) is 0 Å². The molecule has 146 valence electrons. The monoisotopic (exact) mass is 393 g/mol. The van der Waals surface area contributed by atoms with Crippen molar-refractivity contribution >= 4 is 23.2 Å². The molecule has 27 heavy (non-hydrogen) atoms. The molecule has 2 aromatic rings. The molecule has 0 bridgehead atoms. The van der Waals surface area contributed by atoms with Gasteiger partial charge in [-0.15, -0.1) is 5.10 Å². The summed E-state index contributed by atoms with van der Waals surface area (Å²) in [6, 6.07) is 5.45. The van der Waals surface area contributed by atoms with Crippen molar-refractivity contribution in [2.75, 3.05) is 38.7 Å². The first-order chi connectivity index (χ1) is 13.1. The molecule has 1 aromatic heterocycles. The van der Waals surface area contributed by atoms with Gasteiger partial charge in [0.1, 0.15) is 6.61 Å². The Balaban J connectivity index is 1.76. The van der Waals surface area contributed by atoms with Crippen LogP contribution in [0.15, 0.2) is 18.2 Å². The number of piperidine rings is 1. The fourth-order valence-electron chi connectivity index (χ4n) is 3.11. The Hall–Kier alpha value is -2.16. The highest BCUT2D eigenvalue weighted by Gasteiger charge is 2.23. The average Bonchev–Trinajstić information content (AvgIpc) is 3.06. The summed E-state index contributed by atoms with van der Waals surface area (Å²) in [6.45, 7) is 4.49. The summed E-state index contributed by atoms with van der Waals surface area (Å²) < 4.78 is 12.5. The standard InChI is InChI=1S/C18H24ClN5O3/c1-12-16(22-23-24(12)13-6-8-20-9-7-13)18(25)21-15-5-3-4-14(19)17(15)27-11-10-26-2/h3-5,13,20H,6-11H2,1-2H3,(H,21,25). The van der Waals surface area contributed by atoms with Gasteiger partial charge in [0.2, 0.25) is 0 Å². The maximum absolute atomic E-state index is 12.8. The van der Waals surface area contributed by atoms with E-state index in [-0.39, 0.29) is 11.9 Å². The van der Waals surface area contributed by atoms with Crippen LogP contribution in [0, 0.1) is 6.92 Å². The van der Waals surface area contributed by atoms with Gasteiger partial charge in [-0.05, 0) is 45.0 Å². The summed E-state index contributed by atoms with van der Waals surface area (Å²) in [7, 11) is 1.59. The van der Waals surface area contributed by atoms with Crippen molar-refractivity contribution in [3.63, 3.8) is 0 Å². The van der Waals surface area contributed by atoms with Crippen LogP contribution in [0.5, 0.6) is 5.75 Å². The van der Waals surface area contributed by atoms with Crippen molar-refractivity contribution in [2.45, 2.75) is 25.8 Å². The number of aromatic nitrogens is 3. The second-order valence-electron chi connectivity index (χ2n) is 6.36. The number of nitrogens with one attached hydrogen (secondary N) is 2. The smallest absolute Gasteiger partial charge is 0.278 e. The number of carbonyl (C=O) groups is 1. The molecule has 0 unspecified atom stereocenters. The number of nitrogens with zero attached hydrogens (tertiary/aromatic N) is 3. The second kappa shape index (κ2) is 9.16. The fourth-order valence-corrected chi connectivity index (χ4v) is 3.34. The number of benzene rings is 1. The molecule has 9 heteroatoms. The van der Waals surface area contributed by atoms with Gasteiger partial charge in [0, 0.05) is 7.11 Å². The number of hydrogen-bond acceptors (Lipinski definition) is 6. The summed E-state index contributed by atoms with van der Waals surface area (Å²) in [5, 5.41) is 14.9. The maximum Gasteiger partial charge on any atom is 0.278 e. The van der Waals surface area contributed by atoms with Gasteiger partial charge in [0.25, 0.3) is 5.91 Å². The largest absolute Gasteiger partial charge is 0.487 e. The Labute approximate surface area is 163 Å². The van der Waals surface area contributed by atoms with Gasteiger partial charge in [0.05, 0.1) is 29.1 Å². The van der Waals surface area contributed by atoms with Gasteiger partial charge >= 0.3 is 0 Å².